The van der Waals surface area contributed by atoms with Crippen LogP contribution < -0.4 is 10.5 Å². The van der Waals surface area contributed by atoms with Gasteiger partial charge in [-0.1, -0.05) is 0 Å². The van der Waals surface area contributed by atoms with E-state index in [-0.39, 0.29) is 11.4 Å². The summed E-state index contributed by atoms with van der Waals surface area (Å²) in [7, 11) is -3.92. The number of ether oxygens (including phenoxy) is 1. The number of hydrogen-bond donors (Lipinski definition) is 2. The van der Waals surface area contributed by atoms with Gasteiger partial charge in [0.1, 0.15) is 10.6 Å². The molecule has 17 heavy (non-hydrogen) atoms. The molecule has 0 aromatic heterocycles. The van der Waals surface area contributed by atoms with Gasteiger partial charge < -0.3 is 10.5 Å². The Labute approximate surface area is 94.7 Å². The molecule has 3 N–H and O–H groups in total. The number of nitrogens with two attached hydrogens (primary N) is 1. The highest BCUT2D eigenvalue weighted by Gasteiger charge is 2.37. The molecular formula is C8H8F3NO4S. The standard InChI is InChI=1S/C8H8F3NO4S/c1-16-6-3-7(17(13,14)15)4(2-5(6)12)8(9,10)11/h2-3H,12H2,1H3,(H,13,14,15). The number of hydrogen-bond acceptors (Lipinski definition) is 4. The molecule has 0 aliphatic carbocycles. The van der Waals surface area contributed by atoms with Crippen molar-refractivity contribution >= 4 is 15.8 Å². The third-order valence-corrected chi connectivity index (χ3v) is 2.81. The molecule has 0 heterocycles. The van der Waals surface area contributed by atoms with E-state index in [2.05, 4.69) is 4.74 Å². The number of benzene rings is 1. The van der Waals surface area contributed by atoms with Crippen molar-refractivity contribution in [1.82, 2.24) is 0 Å². The van der Waals surface area contributed by atoms with Crippen LogP contribution in [0.4, 0.5) is 18.9 Å². The second-order valence-electron chi connectivity index (χ2n) is 3.06. The van der Waals surface area contributed by atoms with Gasteiger partial charge in [0.05, 0.1) is 18.4 Å². The van der Waals surface area contributed by atoms with Crippen molar-refractivity contribution in [3.05, 3.63) is 17.7 Å². The van der Waals surface area contributed by atoms with Crippen molar-refractivity contribution in [3.8, 4) is 5.75 Å². The van der Waals surface area contributed by atoms with Crippen LogP contribution in [0.5, 0.6) is 5.75 Å². The Morgan fingerprint density at radius 3 is 2.24 bits per heavy atom. The smallest absolute Gasteiger partial charge is 0.417 e. The molecule has 0 aliphatic heterocycles. The molecule has 0 bridgehead atoms. The van der Waals surface area contributed by atoms with Crippen LogP contribution in [0.1, 0.15) is 5.56 Å². The van der Waals surface area contributed by atoms with Gasteiger partial charge in [-0.3, -0.25) is 4.55 Å². The van der Waals surface area contributed by atoms with Crippen LogP contribution in [0.25, 0.3) is 0 Å². The predicted octanol–water partition coefficient (Wildman–Crippen LogP) is 1.54. The Bertz CT molecular complexity index is 538. The van der Waals surface area contributed by atoms with Gasteiger partial charge in [0.25, 0.3) is 10.1 Å². The van der Waals surface area contributed by atoms with E-state index in [1.807, 2.05) is 0 Å². The minimum atomic E-state index is -5.02. The fourth-order valence-electron chi connectivity index (χ4n) is 1.19. The zero-order valence-electron chi connectivity index (χ0n) is 8.45. The number of alkyl halides is 3. The monoisotopic (exact) mass is 271 g/mol. The van der Waals surface area contributed by atoms with Crippen molar-refractivity contribution in [1.29, 1.82) is 0 Å². The summed E-state index contributed by atoms with van der Waals surface area (Å²) in [5.74, 6) is -0.273. The maximum absolute atomic E-state index is 12.5. The molecule has 9 heteroatoms. The van der Waals surface area contributed by atoms with E-state index in [0.29, 0.717) is 12.1 Å². The van der Waals surface area contributed by atoms with Gasteiger partial charge in [-0.05, 0) is 6.07 Å². The zero-order chi connectivity index (χ0) is 13.4. The summed E-state index contributed by atoms with van der Waals surface area (Å²) >= 11 is 0. The lowest BCUT2D eigenvalue weighted by Crippen LogP contribution is -2.14. The second kappa shape index (κ2) is 4.08. The number of nitrogen functional groups attached to an aromatic ring is 1. The van der Waals surface area contributed by atoms with Crippen molar-refractivity contribution in [2.45, 2.75) is 11.1 Å². The van der Waals surface area contributed by atoms with Gasteiger partial charge in [0, 0.05) is 6.07 Å². The second-order valence-corrected chi connectivity index (χ2v) is 4.45. The normalized spacial score (nSPS) is 12.5. The first-order valence-electron chi connectivity index (χ1n) is 4.09. The molecule has 0 amide bonds. The number of rotatable bonds is 2. The lowest BCUT2D eigenvalue weighted by molar-refractivity contribution is -0.139. The fraction of sp³-hybridized carbons (Fsp3) is 0.250. The molecular weight excluding hydrogens is 263 g/mol. The van der Waals surface area contributed by atoms with E-state index in [1.54, 1.807) is 0 Å². The molecule has 96 valence electrons. The molecule has 1 aromatic carbocycles. The fourth-order valence-corrected chi connectivity index (χ4v) is 1.90. The molecule has 0 saturated carbocycles. The van der Waals surface area contributed by atoms with E-state index in [9.17, 15) is 21.6 Å². The average Bonchev–Trinajstić information content (AvgIpc) is 2.14. The maximum Gasteiger partial charge on any atom is 0.417 e. The first-order chi connectivity index (χ1) is 7.57. The molecule has 0 saturated heterocycles. The highest BCUT2D eigenvalue weighted by atomic mass is 32.2. The lowest BCUT2D eigenvalue weighted by Gasteiger charge is -2.13. The summed E-state index contributed by atoms with van der Waals surface area (Å²) in [5, 5.41) is 0. The molecule has 0 unspecified atom stereocenters. The molecule has 0 spiro atoms. The third-order valence-electron chi connectivity index (χ3n) is 1.92. The third kappa shape index (κ3) is 2.80. The van der Waals surface area contributed by atoms with Gasteiger partial charge in [-0.2, -0.15) is 21.6 Å². The Morgan fingerprint density at radius 2 is 1.88 bits per heavy atom. The molecule has 0 radical (unpaired) electrons. The van der Waals surface area contributed by atoms with Crippen LogP contribution in [0.3, 0.4) is 0 Å². The molecule has 0 aliphatic rings. The molecule has 5 nitrogen and oxygen atoms in total. The summed E-state index contributed by atoms with van der Waals surface area (Å²) in [6, 6.07) is 0.912. The molecule has 1 rings (SSSR count). The van der Waals surface area contributed by atoms with Crippen LogP contribution in [0.2, 0.25) is 0 Å². The van der Waals surface area contributed by atoms with Gasteiger partial charge in [0.2, 0.25) is 0 Å². The number of anilines is 1. The van der Waals surface area contributed by atoms with Crippen LogP contribution in [-0.4, -0.2) is 20.1 Å². The zero-order valence-corrected chi connectivity index (χ0v) is 9.26. The summed E-state index contributed by atoms with van der Waals surface area (Å²) in [6.45, 7) is 0. The summed E-state index contributed by atoms with van der Waals surface area (Å²) in [4.78, 5) is -1.30. The quantitative estimate of drug-likeness (QED) is 0.629. The Kier molecular flexibility index (Phi) is 3.26. The van der Waals surface area contributed by atoms with Crippen molar-refractivity contribution < 1.29 is 30.9 Å². The number of methoxy groups -OCH3 is 1. The minimum absolute atomic E-state index is 0.273. The molecule has 1 aromatic rings. The lowest BCUT2D eigenvalue weighted by atomic mass is 10.2. The highest BCUT2D eigenvalue weighted by Crippen LogP contribution is 2.38. The first-order valence-corrected chi connectivity index (χ1v) is 5.53. The maximum atomic E-state index is 12.5. The van der Waals surface area contributed by atoms with E-state index in [1.165, 1.54) is 0 Å². The minimum Gasteiger partial charge on any atom is -0.495 e. The van der Waals surface area contributed by atoms with Crippen LogP contribution in [0, 0.1) is 0 Å². The van der Waals surface area contributed by atoms with Crippen LogP contribution in [-0.2, 0) is 16.3 Å². The SMILES string of the molecule is COc1cc(S(=O)(=O)O)c(C(F)(F)F)cc1N. The van der Waals surface area contributed by atoms with Crippen LogP contribution >= 0.6 is 0 Å². The largest absolute Gasteiger partial charge is 0.495 e. The van der Waals surface area contributed by atoms with Gasteiger partial charge in [0.15, 0.2) is 0 Å². The first kappa shape index (κ1) is 13.6. The Morgan fingerprint density at radius 1 is 1.35 bits per heavy atom. The Hall–Kier alpha value is -1.48. The highest BCUT2D eigenvalue weighted by molar-refractivity contribution is 7.85. The van der Waals surface area contributed by atoms with Crippen LogP contribution in [0.15, 0.2) is 17.0 Å². The van der Waals surface area contributed by atoms with Gasteiger partial charge in [-0.25, -0.2) is 0 Å². The van der Waals surface area contributed by atoms with Crippen molar-refractivity contribution in [2.75, 3.05) is 12.8 Å². The van der Waals surface area contributed by atoms with Crippen molar-refractivity contribution in [2.24, 2.45) is 0 Å². The van der Waals surface area contributed by atoms with E-state index >= 15 is 0 Å². The number of halogens is 3. The van der Waals surface area contributed by atoms with Gasteiger partial charge in [-0.15, -0.1) is 0 Å². The Balaban J connectivity index is 3.66. The summed E-state index contributed by atoms with van der Waals surface area (Å²) in [6.07, 6.45) is -4.95. The van der Waals surface area contributed by atoms with Gasteiger partial charge >= 0.3 is 6.18 Å². The predicted molar refractivity (Wildman–Crippen MR) is 52.2 cm³/mol. The van der Waals surface area contributed by atoms with E-state index < -0.39 is 26.8 Å². The van der Waals surface area contributed by atoms with Crippen molar-refractivity contribution in [3.63, 3.8) is 0 Å². The average molecular weight is 271 g/mol. The van der Waals surface area contributed by atoms with E-state index in [0.717, 1.165) is 7.11 Å². The topological polar surface area (TPSA) is 89.6 Å². The molecule has 0 fully saturated rings. The summed E-state index contributed by atoms with van der Waals surface area (Å²) < 4.78 is 72.5. The summed E-state index contributed by atoms with van der Waals surface area (Å²) in [5.41, 5.74) is 3.31. The van der Waals surface area contributed by atoms with E-state index in [4.69, 9.17) is 10.3 Å². The molecule has 0 atom stereocenters.